The molecule has 21 heavy (non-hydrogen) atoms. The second-order valence-corrected chi connectivity index (χ2v) is 5.13. The first kappa shape index (κ1) is 13.7. The van der Waals surface area contributed by atoms with Crippen molar-refractivity contribution in [3.63, 3.8) is 0 Å². The summed E-state index contributed by atoms with van der Waals surface area (Å²) >= 11 is 11.1. The molecule has 0 aliphatic heterocycles. The first-order valence-electron chi connectivity index (χ1n) is 6.13. The Bertz CT molecular complexity index is 838. The molecule has 0 radical (unpaired) electrons. The van der Waals surface area contributed by atoms with Crippen LogP contribution in [0.2, 0.25) is 5.02 Å². The molecule has 0 aliphatic rings. The van der Waals surface area contributed by atoms with Crippen LogP contribution in [0.3, 0.4) is 0 Å². The number of halogens is 1. The van der Waals surface area contributed by atoms with Crippen molar-refractivity contribution in [3.8, 4) is 11.8 Å². The van der Waals surface area contributed by atoms with Crippen molar-refractivity contribution in [1.82, 2.24) is 9.97 Å². The van der Waals surface area contributed by atoms with Gasteiger partial charge in [-0.15, -0.1) is 0 Å². The molecule has 0 atom stereocenters. The van der Waals surface area contributed by atoms with Gasteiger partial charge in [-0.2, -0.15) is 4.98 Å². The van der Waals surface area contributed by atoms with E-state index >= 15 is 0 Å². The van der Waals surface area contributed by atoms with Crippen LogP contribution in [0, 0.1) is 0 Å². The van der Waals surface area contributed by atoms with E-state index in [0.29, 0.717) is 16.5 Å². The highest BCUT2D eigenvalue weighted by Gasteiger charge is 2.09. The fraction of sp³-hybridized carbons (Fsp3) is 0. The Morgan fingerprint density at radius 3 is 2.62 bits per heavy atom. The summed E-state index contributed by atoms with van der Waals surface area (Å²) < 4.78 is 5.74. The summed E-state index contributed by atoms with van der Waals surface area (Å²) in [5, 5.41) is 2.45. The summed E-state index contributed by atoms with van der Waals surface area (Å²) in [5.74, 6) is 0.620. The zero-order valence-electron chi connectivity index (χ0n) is 10.8. The number of thiocarbonyl (C=S) groups is 1. The van der Waals surface area contributed by atoms with Crippen molar-refractivity contribution in [2.45, 2.75) is 0 Å². The monoisotopic (exact) mass is 315 g/mol. The van der Waals surface area contributed by atoms with Gasteiger partial charge in [0, 0.05) is 22.0 Å². The van der Waals surface area contributed by atoms with E-state index < -0.39 is 0 Å². The van der Waals surface area contributed by atoms with Gasteiger partial charge in [0.15, 0.2) is 0 Å². The lowest BCUT2D eigenvalue weighted by molar-refractivity contribution is 0.446. The molecule has 0 amide bonds. The second kappa shape index (κ2) is 5.63. The zero-order valence-corrected chi connectivity index (χ0v) is 12.4. The van der Waals surface area contributed by atoms with Crippen LogP contribution in [-0.2, 0) is 0 Å². The lowest BCUT2D eigenvalue weighted by Crippen LogP contribution is -2.12. The van der Waals surface area contributed by atoms with E-state index in [4.69, 9.17) is 34.3 Å². The summed E-state index contributed by atoms with van der Waals surface area (Å²) in [6.45, 7) is 0. The van der Waals surface area contributed by atoms with Gasteiger partial charge < -0.3 is 10.5 Å². The molecule has 3 aromatic rings. The Hall–Kier alpha value is -2.24. The van der Waals surface area contributed by atoms with Crippen LogP contribution in [0.4, 0.5) is 0 Å². The molecular formula is C15H10ClN3OS. The first-order chi connectivity index (χ1) is 10.1. The van der Waals surface area contributed by atoms with Gasteiger partial charge in [-0.25, -0.2) is 4.98 Å². The number of aromatic nitrogens is 2. The van der Waals surface area contributed by atoms with Gasteiger partial charge in [-0.3, -0.25) is 0 Å². The minimum absolute atomic E-state index is 0.188. The molecule has 0 bridgehead atoms. The molecule has 0 spiro atoms. The Morgan fingerprint density at radius 1 is 1.10 bits per heavy atom. The molecule has 1 heterocycles. The second-order valence-electron chi connectivity index (χ2n) is 4.28. The highest BCUT2D eigenvalue weighted by atomic mass is 35.5. The summed E-state index contributed by atoms with van der Waals surface area (Å²) in [4.78, 5) is 8.43. The van der Waals surface area contributed by atoms with Crippen LogP contribution in [-0.4, -0.2) is 15.0 Å². The van der Waals surface area contributed by atoms with Crippen LogP contribution >= 0.6 is 23.8 Å². The molecule has 104 valence electrons. The van der Waals surface area contributed by atoms with Gasteiger partial charge in [0.2, 0.25) is 0 Å². The molecule has 0 saturated carbocycles. The molecule has 1 aromatic heterocycles. The predicted octanol–water partition coefficient (Wildman–Crippen LogP) is 3.71. The van der Waals surface area contributed by atoms with Gasteiger partial charge in [0.1, 0.15) is 16.4 Å². The maximum absolute atomic E-state index is 6.18. The molecule has 0 unspecified atom stereocenters. The number of benzene rings is 2. The van der Waals surface area contributed by atoms with E-state index in [0.717, 1.165) is 10.8 Å². The summed E-state index contributed by atoms with van der Waals surface area (Å²) in [5.41, 5.74) is 6.02. The van der Waals surface area contributed by atoms with Crippen LogP contribution in [0.25, 0.3) is 10.8 Å². The van der Waals surface area contributed by atoms with E-state index in [1.165, 1.54) is 0 Å². The molecule has 3 rings (SSSR count). The number of hydrogen-bond acceptors (Lipinski definition) is 4. The zero-order chi connectivity index (χ0) is 14.8. The van der Waals surface area contributed by atoms with E-state index in [1.54, 1.807) is 24.4 Å². The SMILES string of the molecule is NC(=S)c1ccnc(Oc2ccc(Cl)c3ccccc23)n1. The number of rotatable bonds is 3. The number of ether oxygens (including phenoxy) is 1. The molecule has 0 saturated heterocycles. The third-order valence-corrected chi connectivity index (χ3v) is 3.46. The van der Waals surface area contributed by atoms with E-state index in [1.807, 2.05) is 24.3 Å². The number of nitrogens with zero attached hydrogens (tertiary/aromatic N) is 2. The third kappa shape index (κ3) is 2.79. The summed E-state index contributed by atoms with van der Waals surface area (Å²) in [6.07, 6.45) is 1.55. The van der Waals surface area contributed by atoms with Crippen LogP contribution in [0.15, 0.2) is 48.7 Å². The van der Waals surface area contributed by atoms with Crippen LogP contribution in [0.5, 0.6) is 11.8 Å². The smallest absolute Gasteiger partial charge is 0.322 e. The molecule has 0 fully saturated rings. The Labute approximate surface area is 131 Å². The number of fused-ring (bicyclic) bond motifs is 1. The average Bonchev–Trinajstić information content (AvgIpc) is 2.51. The predicted molar refractivity (Wildman–Crippen MR) is 87.0 cm³/mol. The lowest BCUT2D eigenvalue weighted by Gasteiger charge is -2.09. The van der Waals surface area contributed by atoms with Gasteiger partial charge in [0.25, 0.3) is 0 Å². The quantitative estimate of drug-likeness (QED) is 0.747. The first-order valence-corrected chi connectivity index (χ1v) is 6.92. The van der Waals surface area contributed by atoms with Crippen molar-refractivity contribution < 1.29 is 4.74 Å². The lowest BCUT2D eigenvalue weighted by atomic mass is 10.1. The minimum atomic E-state index is 0.188. The fourth-order valence-corrected chi connectivity index (χ4v) is 2.29. The maximum atomic E-state index is 6.18. The largest absolute Gasteiger partial charge is 0.424 e. The Morgan fingerprint density at radius 2 is 1.86 bits per heavy atom. The molecule has 0 aliphatic carbocycles. The van der Waals surface area contributed by atoms with Crippen molar-refractivity contribution >= 4 is 39.6 Å². The Balaban J connectivity index is 2.04. The van der Waals surface area contributed by atoms with Crippen LogP contribution in [0.1, 0.15) is 5.69 Å². The van der Waals surface area contributed by atoms with Crippen molar-refractivity contribution in [2.75, 3.05) is 0 Å². The summed E-state index contributed by atoms with van der Waals surface area (Å²) in [7, 11) is 0. The fourth-order valence-electron chi connectivity index (χ4n) is 1.95. The third-order valence-electron chi connectivity index (χ3n) is 2.92. The molecule has 4 nitrogen and oxygen atoms in total. The number of hydrogen-bond donors (Lipinski definition) is 1. The molecule has 2 N–H and O–H groups in total. The van der Waals surface area contributed by atoms with Gasteiger partial charge in [-0.1, -0.05) is 48.1 Å². The normalized spacial score (nSPS) is 10.5. The van der Waals surface area contributed by atoms with Crippen molar-refractivity contribution in [3.05, 3.63) is 59.4 Å². The van der Waals surface area contributed by atoms with E-state index in [2.05, 4.69) is 9.97 Å². The van der Waals surface area contributed by atoms with Gasteiger partial charge in [-0.05, 0) is 18.2 Å². The Kier molecular flexibility index (Phi) is 3.68. The van der Waals surface area contributed by atoms with E-state index in [-0.39, 0.29) is 11.0 Å². The highest BCUT2D eigenvalue weighted by molar-refractivity contribution is 7.80. The molecule has 6 heteroatoms. The topological polar surface area (TPSA) is 61.0 Å². The standard InChI is InChI=1S/C15H10ClN3OS/c16-11-5-6-13(10-4-2-1-3-9(10)11)20-15-18-8-7-12(19-15)14(17)21/h1-8H,(H2,17,21). The van der Waals surface area contributed by atoms with Crippen molar-refractivity contribution in [1.29, 1.82) is 0 Å². The maximum Gasteiger partial charge on any atom is 0.322 e. The summed E-state index contributed by atoms with van der Waals surface area (Å²) in [6, 6.07) is 13.1. The molecular weight excluding hydrogens is 306 g/mol. The molecule has 2 aromatic carbocycles. The van der Waals surface area contributed by atoms with Gasteiger partial charge >= 0.3 is 6.01 Å². The van der Waals surface area contributed by atoms with Gasteiger partial charge in [0.05, 0.1) is 0 Å². The highest BCUT2D eigenvalue weighted by Crippen LogP contribution is 2.33. The number of nitrogens with two attached hydrogens (primary N) is 1. The van der Waals surface area contributed by atoms with Crippen molar-refractivity contribution in [2.24, 2.45) is 5.73 Å². The van der Waals surface area contributed by atoms with Crippen LogP contribution < -0.4 is 10.5 Å². The minimum Gasteiger partial charge on any atom is -0.424 e. The average molecular weight is 316 g/mol. The van der Waals surface area contributed by atoms with E-state index in [9.17, 15) is 0 Å².